The standard InChI is InChI=1S/C18H12Cl2N2O/c19-14-8-6-11(9-15(14)20)16-13-7-5-10-3-1-2-4-12(10)17(13)22-18(23)21-16/h1-4,6,8-9H,5,7H2,(H,21,22,23). The van der Waals surface area contributed by atoms with Gasteiger partial charge in [0.25, 0.3) is 0 Å². The van der Waals surface area contributed by atoms with E-state index in [0.717, 1.165) is 35.2 Å². The number of aromatic amines is 1. The minimum Gasteiger partial charge on any atom is -0.305 e. The van der Waals surface area contributed by atoms with Gasteiger partial charge in [-0.3, -0.25) is 0 Å². The lowest BCUT2D eigenvalue weighted by atomic mass is 9.87. The van der Waals surface area contributed by atoms with E-state index in [9.17, 15) is 4.79 Å². The molecule has 0 aliphatic heterocycles. The van der Waals surface area contributed by atoms with Crippen molar-refractivity contribution in [3.05, 3.63) is 74.1 Å². The minimum atomic E-state index is -0.360. The Labute approximate surface area is 142 Å². The molecule has 0 spiro atoms. The zero-order valence-corrected chi connectivity index (χ0v) is 13.6. The lowest BCUT2D eigenvalue weighted by Gasteiger charge is -2.21. The van der Waals surface area contributed by atoms with Crippen LogP contribution in [-0.4, -0.2) is 9.97 Å². The number of aryl methyl sites for hydroxylation is 1. The SMILES string of the molecule is O=c1nc(-c2ccc(Cl)c(Cl)c2)c2c([nH]1)-c1ccccc1CC2. The van der Waals surface area contributed by atoms with E-state index in [-0.39, 0.29) is 5.69 Å². The van der Waals surface area contributed by atoms with Gasteiger partial charge in [-0.05, 0) is 30.5 Å². The highest BCUT2D eigenvalue weighted by Crippen LogP contribution is 2.36. The van der Waals surface area contributed by atoms with Crippen molar-refractivity contribution < 1.29 is 0 Å². The molecule has 0 saturated heterocycles. The average Bonchev–Trinajstić information content (AvgIpc) is 2.56. The maximum absolute atomic E-state index is 12.1. The fraction of sp³-hybridized carbons (Fsp3) is 0.111. The van der Waals surface area contributed by atoms with Crippen molar-refractivity contribution in [2.45, 2.75) is 12.8 Å². The van der Waals surface area contributed by atoms with Crippen molar-refractivity contribution in [2.75, 3.05) is 0 Å². The first-order chi connectivity index (χ1) is 11.1. The fourth-order valence-corrected chi connectivity index (χ4v) is 3.39. The summed E-state index contributed by atoms with van der Waals surface area (Å²) in [5, 5.41) is 0.940. The molecule has 0 fully saturated rings. The van der Waals surface area contributed by atoms with E-state index in [1.807, 2.05) is 24.3 Å². The van der Waals surface area contributed by atoms with E-state index in [1.54, 1.807) is 12.1 Å². The molecule has 0 saturated carbocycles. The molecular formula is C18H12Cl2N2O. The second kappa shape index (κ2) is 5.52. The quantitative estimate of drug-likeness (QED) is 0.707. The number of benzene rings is 2. The Morgan fingerprint density at radius 3 is 2.65 bits per heavy atom. The summed E-state index contributed by atoms with van der Waals surface area (Å²) >= 11 is 12.1. The predicted molar refractivity (Wildman–Crippen MR) is 93.2 cm³/mol. The van der Waals surface area contributed by atoms with Gasteiger partial charge < -0.3 is 4.98 Å². The van der Waals surface area contributed by atoms with Gasteiger partial charge in [0.05, 0.1) is 21.4 Å². The van der Waals surface area contributed by atoms with Crippen molar-refractivity contribution in [2.24, 2.45) is 0 Å². The van der Waals surface area contributed by atoms with E-state index in [1.165, 1.54) is 5.56 Å². The molecule has 1 N–H and O–H groups in total. The van der Waals surface area contributed by atoms with Crippen molar-refractivity contribution in [1.82, 2.24) is 9.97 Å². The largest absolute Gasteiger partial charge is 0.345 e. The van der Waals surface area contributed by atoms with Crippen molar-refractivity contribution in [3.63, 3.8) is 0 Å². The van der Waals surface area contributed by atoms with Gasteiger partial charge in [-0.2, -0.15) is 4.98 Å². The van der Waals surface area contributed by atoms with Gasteiger partial charge in [0.2, 0.25) is 0 Å². The minimum absolute atomic E-state index is 0.360. The van der Waals surface area contributed by atoms with Crippen LogP contribution in [0.5, 0.6) is 0 Å². The molecule has 0 radical (unpaired) electrons. The lowest BCUT2D eigenvalue weighted by molar-refractivity contribution is 0.902. The van der Waals surface area contributed by atoms with Crippen LogP contribution in [0.1, 0.15) is 11.1 Å². The molecule has 3 aromatic rings. The number of aromatic nitrogens is 2. The summed E-state index contributed by atoms with van der Waals surface area (Å²) in [4.78, 5) is 19.2. The second-order valence-corrected chi connectivity index (χ2v) is 6.34. The number of fused-ring (bicyclic) bond motifs is 3. The Kier molecular flexibility index (Phi) is 3.47. The van der Waals surface area contributed by atoms with Crippen LogP contribution in [0.15, 0.2) is 47.3 Å². The predicted octanol–water partition coefficient (Wildman–Crippen LogP) is 4.51. The third-order valence-corrected chi connectivity index (χ3v) is 4.90. The number of hydrogen-bond acceptors (Lipinski definition) is 2. The fourth-order valence-electron chi connectivity index (χ4n) is 3.10. The van der Waals surface area contributed by atoms with E-state index in [4.69, 9.17) is 23.2 Å². The maximum Gasteiger partial charge on any atom is 0.345 e. The van der Waals surface area contributed by atoms with E-state index in [0.29, 0.717) is 15.7 Å². The molecule has 114 valence electrons. The summed E-state index contributed by atoms with van der Waals surface area (Å²) in [6.07, 6.45) is 1.75. The maximum atomic E-state index is 12.1. The molecule has 1 heterocycles. The van der Waals surface area contributed by atoms with Gasteiger partial charge in [-0.25, -0.2) is 4.79 Å². The van der Waals surface area contributed by atoms with E-state index < -0.39 is 0 Å². The number of H-pyrrole nitrogens is 1. The summed E-state index contributed by atoms with van der Waals surface area (Å²) in [7, 11) is 0. The molecule has 5 heteroatoms. The van der Waals surface area contributed by atoms with Crippen LogP contribution < -0.4 is 5.69 Å². The lowest BCUT2D eigenvalue weighted by Crippen LogP contribution is -2.18. The Hall–Kier alpha value is -2.10. The molecule has 0 atom stereocenters. The first-order valence-electron chi connectivity index (χ1n) is 7.30. The smallest absolute Gasteiger partial charge is 0.305 e. The molecule has 1 aliphatic carbocycles. The molecule has 0 amide bonds. The highest BCUT2D eigenvalue weighted by atomic mass is 35.5. The molecular weight excluding hydrogens is 331 g/mol. The van der Waals surface area contributed by atoms with Crippen LogP contribution in [0.3, 0.4) is 0 Å². The zero-order chi connectivity index (χ0) is 16.0. The van der Waals surface area contributed by atoms with Crippen molar-refractivity contribution in [1.29, 1.82) is 0 Å². The van der Waals surface area contributed by atoms with E-state index in [2.05, 4.69) is 16.0 Å². The topological polar surface area (TPSA) is 45.8 Å². The molecule has 4 rings (SSSR count). The number of hydrogen-bond donors (Lipinski definition) is 1. The number of halogens is 2. The molecule has 0 unspecified atom stereocenters. The summed E-state index contributed by atoms with van der Waals surface area (Å²) in [6, 6.07) is 13.4. The molecule has 1 aromatic heterocycles. The average molecular weight is 343 g/mol. The van der Waals surface area contributed by atoms with Crippen LogP contribution in [0, 0.1) is 0 Å². The number of rotatable bonds is 1. The highest BCUT2D eigenvalue weighted by molar-refractivity contribution is 6.42. The van der Waals surface area contributed by atoms with Crippen LogP contribution in [-0.2, 0) is 12.8 Å². The monoisotopic (exact) mass is 342 g/mol. The van der Waals surface area contributed by atoms with Crippen LogP contribution >= 0.6 is 23.2 Å². The third-order valence-electron chi connectivity index (χ3n) is 4.16. The van der Waals surface area contributed by atoms with Crippen molar-refractivity contribution >= 4 is 23.2 Å². The van der Waals surface area contributed by atoms with Gasteiger partial charge in [0, 0.05) is 16.7 Å². The summed E-state index contributed by atoms with van der Waals surface area (Å²) in [5.74, 6) is 0. The van der Waals surface area contributed by atoms with Gasteiger partial charge >= 0.3 is 5.69 Å². The van der Waals surface area contributed by atoms with Gasteiger partial charge in [-0.1, -0.05) is 53.5 Å². The highest BCUT2D eigenvalue weighted by Gasteiger charge is 2.21. The number of nitrogens with zero attached hydrogens (tertiary/aromatic N) is 1. The van der Waals surface area contributed by atoms with E-state index >= 15 is 0 Å². The Morgan fingerprint density at radius 1 is 1.00 bits per heavy atom. The molecule has 23 heavy (non-hydrogen) atoms. The normalized spacial score (nSPS) is 12.6. The Morgan fingerprint density at radius 2 is 1.83 bits per heavy atom. The second-order valence-electron chi connectivity index (χ2n) is 5.53. The first-order valence-corrected chi connectivity index (χ1v) is 8.06. The molecule has 0 bridgehead atoms. The summed E-state index contributed by atoms with van der Waals surface area (Å²) < 4.78 is 0. The third kappa shape index (κ3) is 2.46. The van der Waals surface area contributed by atoms with Gasteiger partial charge in [-0.15, -0.1) is 0 Å². The first kappa shape index (κ1) is 14.5. The Bertz CT molecular complexity index is 979. The van der Waals surface area contributed by atoms with Crippen molar-refractivity contribution in [3.8, 4) is 22.5 Å². The van der Waals surface area contributed by atoms with Gasteiger partial charge in [0.1, 0.15) is 0 Å². The summed E-state index contributed by atoms with van der Waals surface area (Å²) in [5.41, 5.74) is 5.32. The zero-order valence-electron chi connectivity index (χ0n) is 12.1. The summed E-state index contributed by atoms with van der Waals surface area (Å²) in [6.45, 7) is 0. The molecule has 3 nitrogen and oxygen atoms in total. The van der Waals surface area contributed by atoms with Crippen LogP contribution in [0.4, 0.5) is 0 Å². The Balaban J connectivity index is 1.99. The molecule has 2 aromatic carbocycles. The molecule has 1 aliphatic rings. The van der Waals surface area contributed by atoms with Gasteiger partial charge in [0.15, 0.2) is 0 Å². The van der Waals surface area contributed by atoms with Crippen LogP contribution in [0.25, 0.3) is 22.5 Å². The number of nitrogens with one attached hydrogen (secondary N) is 1. The van der Waals surface area contributed by atoms with Crippen LogP contribution in [0.2, 0.25) is 10.0 Å².